The van der Waals surface area contributed by atoms with Crippen molar-refractivity contribution in [3.63, 3.8) is 0 Å². The predicted molar refractivity (Wildman–Crippen MR) is 78.1 cm³/mol. The first-order chi connectivity index (χ1) is 8.06. The van der Waals surface area contributed by atoms with Crippen molar-refractivity contribution in [3.8, 4) is 0 Å². The molecular formula is C13H17IN2O. The smallest absolute Gasteiger partial charge is 0.242 e. The van der Waals surface area contributed by atoms with Crippen LogP contribution in [0.3, 0.4) is 0 Å². The Morgan fingerprint density at radius 3 is 2.82 bits per heavy atom. The van der Waals surface area contributed by atoms with Gasteiger partial charge in [-0.05, 0) is 67.0 Å². The van der Waals surface area contributed by atoms with Gasteiger partial charge in [0, 0.05) is 15.3 Å². The van der Waals surface area contributed by atoms with E-state index in [1.54, 1.807) is 0 Å². The van der Waals surface area contributed by atoms with Crippen LogP contribution >= 0.6 is 22.6 Å². The fourth-order valence-electron chi connectivity index (χ4n) is 1.60. The van der Waals surface area contributed by atoms with Crippen LogP contribution in [0.1, 0.15) is 25.3 Å². The Balaban J connectivity index is 1.98. The molecule has 1 amide bonds. The Bertz CT molecular complexity index is 429. The van der Waals surface area contributed by atoms with E-state index in [4.69, 9.17) is 0 Å². The third-order valence-electron chi connectivity index (χ3n) is 2.89. The van der Waals surface area contributed by atoms with Crippen molar-refractivity contribution >= 4 is 34.2 Å². The summed E-state index contributed by atoms with van der Waals surface area (Å²) < 4.78 is 1.17. The standard InChI is InChI=1S/C13H17IN2O/c1-8-3-4-10(14)7-12(8)15-9(2)13(17)16-11-5-6-11/h3-4,7,9,11,15H,5-6H2,1-2H3,(H,16,17). The Hall–Kier alpha value is -0.780. The van der Waals surface area contributed by atoms with Gasteiger partial charge in [0.1, 0.15) is 6.04 Å². The molecule has 1 aromatic rings. The molecule has 1 saturated carbocycles. The molecular weight excluding hydrogens is 327 g/mol. The number of aryl methyl sites for hydroxylation is 1. The lowest BCUT2D eigenvalue weighted by Gasteiger charge is -2.17. The lowest BCUT2D eigenvalue weighted by molar-refractivity contribution is -0.121. The molecule has 0 bridgehead atoms. The van der Waals surface area contributed by atoms with E-state index < -0.39 is 0 Å². The van der Waals surface area contributed by atoms with Gasteiger partial charge in [0.15, 0.2) is 0 Å². The number of benzene rings is 1. The molecule has 0 aromatic heterocycles. The molecule has 1 unspecified atom stereocenters. The first kappa shape index (κ1) is 12.7. The van der Waals surface area contributed by atoms with Gasteiger partial charge in [0.25, 0.3) is 0 Å². The van der Waals surface area contributed by atoms with E-state index in [2.05, 4.69) is 51.4 Å². The summed E-state index contributed by atoms with van der Waals surface area (Å²) in [6, 6.07) is 6.43. The molecule has 1 aliphatic carbocycles. The largest absolute Gasteiger partial charge is 0.374 e. The normalized spacial score (nSPS) is 16.4. The Morgan fingerprint density at radius 1 is 1.47 bits per heavy atom. The van der Waals surface area contributed by atoms with Crippen molar-refractivity contribution in [2.45, 2.75) is 38.8 Å². The zero-order chi connectivity index (χ0) is 12.4. The number of nitrogens with one attached hydrogen (secondary N) is 2. The number of rotatable bonds is 4. The van der Waals surface area contributed by atoms with Crippen LogP contribution in [-0.4, -0.2) is 18.0 Å². The lowest BCUT2D eigenvalue weighted by atomic mass is 10.2. The molecule has 2 N–H and O–H groups in total. The first-order valence-electron chi connectivity index (χ1n) is 5.89. The van der Waals surface area contributed by atoms with Crippen molar-refractivity contribution < 1.29 is 4.79 Å². The van der Waals surface area contributed by atoms with Crippen LogP contribution in [0.2, 0.25) is 0 Å². The summed E-state index contributed by atoms with van der Waals surface area (Å²) >= 11 is 2.28. The van der Waals surface area contributed by atoms with E-state index >= 15 is 0 Å². The molecule has 1 fully saturated rings. The fourth-order valence-corrected chi connectivity index (χ4v) is 2.09. The minimum atomic E-state index is -0.188. The topological polar surface area (TPSA) is 41.1 Å². The predicted octanol–water partition coefficient (Wildman–Crippen LogP) is 2.68. The number of amides is 1. The van der Waals surface area contributed by atoms with Crippen LogP contribution in [0.4, 0.5) is 5.69 Å². The Kier molecular flexibility index (Phi) is 3.91. The SMILES string of the molecule is Cc1ccc(I)cc1NC(C)C(=O)NC1CC1. The van der Waals surface area contributed by atoms with E-state index in [0.717, 1.165) is 24.1 Å². The summed E-state index contributed by atoms with van der Waals surface area (Å²) in [4.78, 5) is 11.8. The average molecular weight is 344 g/mol. The van der Waals surface area contributed by atoms with Gasteiger partial charge < -0.3 is 10.6 Å². The highest BCUT2D eigenvalue weighted by atomic mass is 127. The third-order valence-corrected chi connectivity index (χ3v) is 3.56. The minimum Gasteiger partial charge on any atom is -0.374 e. The second-order valence-electron chi connectivity index (χ2n) is 4.61. The first-order valence-corrected chi connectivity index (χ1v) is 6.97. The number of hydrogen-bond acceptors (Lipinski definition) is 2. The van der Waals surface area contributed by atoms with Crippen molar-refractivity contribution in [2.24, 2.45) is 0 Å². The molecule has 0 radical (unpaired) electrons. The molecule has 4 heteroatoms. The van der Waals surface area contributed by atoms with E-state index in [-0.39, 0.29) is 11.9 Å². The molecule has 1 aliphatic rings. The van der Waals surface area contributed by atoms with E-state index in [9.17, 15) is 4.79 Å². The summed E-state index contributed by atoms with van der Waals surface area (Å²) in [6.45, 7) is 3.95. The van der Waals surface area contributed by atoms with Crippen molar-refractivity contribution in [2.75, 3.05) is 5.32 Å². The number of carbonyl (C=O) groups is 1. The Morgan fingerprint density at radius 2 is 2.18 bits per heavy atom. The summed E-state index contributed by atoms with van der Waals surface area (Å²) in [5.74, 6) is 0.0887. The van der Waals surface area contributed by atoms with Gasteiger partial charge in [-0.1, -0.05) is 6.07 Å². The molecule has 17 heavy (non-hydrogen) atoms. The second-order valence-corrected chi connectivity index (χ2v) is 5.85. The summed E-state index contributed by atoms with van der Waals surface area (Å²) in [6.07, 6.45) is 2.25. The highest BCUT2D eigenvalue weighted by Crippen LogP contribution is 2.21. The van der Waals surface area contributed by atoms with Gasteiger partial charge in [-0.3, -0.25) is 4.79 Å². The molecule has 1 aromatic carbocycles. The molecule has 0 heterocycles. The van der Waals surface area contributed by atoms with Crippen LogP contribution in [0, 0.1) is 10.5 Å². The molecule has 0 aliphatic heterocycles. The second kappa shape index (κ2) is 5.25. The minimum absolute atomic E-state index is 0.0887. The highest BCUT2D eigenvalue weighted by molar-refractivity contribution is 14.1. The van der Waals surface area contributed by atoms with Crippen LogP contribution < -0.4 is 10.6 Å². The third kappa shape index (κ3) is 3.59. The number of hydrogen-bond donors (Lipinski definition) is 2. The molecule has 3 nitrogen and oxygen atoms in total. The summed E-state index contributed by atoms with van der Waals surface area (Å²) in [7, 11) is 0. The number of anilines is 1. The number of carbonyl (C=O) groups excluding carboxylic acids is 1. The van der Waals surface area contributed by atoms with E-state index in [0.29, 0.717) is 6.04 Å². The molecule has 2 rings (SSSR count). The van der Waals surface area contributed by atoms with Gasteiger partial charge in [0.2, 0.25) is 5.91 Å². The lowest BCUT2D eigenvalue weighted by Crippen LogP contribution is -2.38. The van der Waals surface area contributed by atoms with Crippen LogP contribution in [-0.2, 0) is 4.79 Å². The van der Waals surface area contributed by atoms with E-state index in [1.165, 1.54) is 3.57 Å². The summed E-state index contributed by atoms with van der Waals surface area (Å²) in [5, 5.41) is 6.27. The maximum Gasteiger partial charge on any atom is 0.242 e. The Labute approximate surface area is 116 Å². The van der Waals surface area contributed by atoms with Crippen molar-refractivity contribution in [1.29, 1.82) is 0 Å². The summed E-state index contributed by atoms with van der Waals surface area (Å²) in [5.41, 5.74) is 2.20. The van der Waals surface area contributed by atoms with Crippen LogP contribution in [0.5, 0.6) is 0 Å². The zero-order valence-corrected chi connectivity index (χ0v) is 12.2. The average Bonchev–Trinajstić information content (AvgIpc) is 3.07. The molecule has 1 atom stereocenters. The van der Waals surface area contributed by atoms with Gasteiger partial charge in [-0.15, -0.1) is 0 Å². The number of halogens is 1. The molecule has 92 valence electrons. The monoisotopic (exact) mass is 344 g/mol. The van der Waals surface area contributed by atoms with Gasteiger partial charge in [-0.25, -0.2) is 0 Å². The van der Waals surface area contributed by atoms with Gasteiger partial charge in [-0.2, -0.15) is 0 Å². The van der Waals surface area contributed by atoms with Crippen LogP contribution in [0.15, 0.2) is 18.2 Å². The van der Waals surface area contributed by atoms with Crippen LogP contribution in [0.25, 0.3) is 0 Å². The molecule has 0 saturated heterocycles. The zero-order valence-electron chi connectivity index (χ0n) is 10.1. The van der Waals surface area contributed by atoms with Gasteiger partial charge in [0.05, 0.1) is 0 Å². The van der Waals surface area contributed by atoms with E-state index in [1.807, 2.05) is 13.8 Å². The quantitative estimate of drug-likeness (QED) is 0.825. The fraction of sp³-hybridized carbons (Fsp3) is 0.462. The highest BCUT2D eigenvalue weighted by Gasteiger charge is 2.25. The maximum atomic E-state index is 11.8. The maximum absolute atomic E-state index is 11.8. The molecule has 0 spiro atoms. The van der Waals surface area contributed by atoms with Crippen molar-refractivity contribution in [3.05, 3.63) is 27.3 Å². The van der Waals surface area contributed by atoms with Crippen molar-refractivity contribution in [1.82, 2.24) is 5.32 Å². The van der Waals surface area contributed by atoms with Gasteiger partial charge >= 0.3 is 0 Å².